The minimum Gasteiger partial charge on any atom is -0.457 e. The standard InChI is InChI=1S/C15H19N3O/c1-2-3-9-17-15-11-14(8-10-18-15)19-13-6-4-12(16)5-7-13/h4-8,10-11H,2-3,9,16H2,1H3,(H,17,18). The minimum atomic E-state index is 0.726. The highest BCUT2D eigenvalue weighted by molar-refractivity contribution is 5.45. The number of hydrogen-bond acceptors (Lipinski definition) is 4. The van der Waals surface area contributed by atoms with Crippen molar-refractivity contribution < 1.29 is 4.74 Å². The number of benzene rings is 1. The van der Waals surface area contributed by atoms with Gasteiger partial charge in [0.05, 0.1) is 0 Å². The fourth-order valence-corrected chi connectivity index (χ4v) is 1.64. The van der Waals surface area contributed by atoms with Crippen molar-refractivity contribution in [1.82, 2.24) is 4.98 Å². The molecule has 0 saturated carbocycles. The lowest BCUT2D eigenvalue weighted by Crippen LogP contribution is -2.02. The van der Waals surface area contributed by atoms with Gasteiger partial charge in [0.2, 0.25) is 0 Å². The maximum atomic E-state index is 5.74. The van der Waals surface area contributed by atoms with E-state index < -0.39 is 0 Å². The van der Waals surface area contributed by atoms with E-state index in [0.29, 0.717) is 0 Å². The molecule has 0 radical (unpaired) electrons. The molecular weight excluding hydrogens is 238 g/mol. The number of pyridine rings is 1. The molecule has 0 bridgehead atoms. The lowest BCUT2D eigenvalue weighted by atomic mass is 10.3. The predicted octanol–water partition coefficient (Wildman–Crippen LogP) is 3.67. The molecular formula is C15H19N3O. The highest BCUT2D eigenvalue weighted by atomic mass is 16.5. The third-order valence-corrected chi connectivity index (χ3v) is 2.68. The Hall–Kier alpha value is -2.23. The normalized spacial score (nSPS) is 10.2. The Bertz CT molecular complexity index is 511. The number of nitrogens with one attached hydrogen (secondary N) is 1. The Labute approximate surface area is 113 Å². The van der Waals surface area contributed by atoms with Crippen LogP contribution in [0.4, 0.5) is 11.5 Å². The zero-order chi connectivity index (χ0) is 13.5. The first-order valence-electron chi connectivity index (χ1n) is 6.51. The summed E-state index contributed by atoms with van der Waals surface area (Å²) in [6.07, 6.45) is 4.03. The van der Waals surface area contributed by atoms with Gasteiger partial charge in [-0.05, 0) is 36.8 Å². The first-order valence-corrected chi connectivity index (χ1v) is 6.51. The van der Waals surface area contributed by atoms with Crippen molar-refractivity contribution in [3.05, 3.63) is 42.6 Å². The molecule has 0 aliphatic carbocycles. The number of anilines is 2. The van der Waals surface area contributed by atoms with Crippen molar-refractivity contribution in [3.63, 3.8) is 0 Å². The molecule has 0 saturated heterocycles. The van der Waals surface area contributed by atoms with Crippen LogP contribution in [0.2, 0.25) is 0 Å². The average Bonchev–Trinajstić information content (AvgIpc) is 2.42. The van der Waals surface area contributed by atoms with E-state index in [4.69, 9.17) is 10.5 Å². The van der Waals surface area contributed by atoms with Gasteiger partial charge in [-0.3, -0.25) is 0 Å². The number of hydrogen-bond donors (Lipinski definition) is 2. The van der Waals surface area contributed by atoms with Gasteiger partial charge in [0.15, 0.2) is 0 Å². The maximum absolute atomic E-state index is 5.74. The Morgan fingerprint density at radius 1 is 1.16 bits per heavy atom. The van der Waals surface area contributed by atoms with E-state index in [1.165, 1.54) is 0 Å². The summed E-state index contributed by atoms with van der Waals surface area (Å²) >= 11 is 0. The molecule has 0 aliphatic rings. The van der Waals surface area contributed by atoms with Crippen LogP contribution in [0.3, 0.4) is 0 Å². The van der Waals surface area contributed by atoms with Crippen molar-refractivity contribution in [1.29, 1.82) is 0 Å². The van der Waals surface area contributed by atoms with Gasteiger partial charge in [-0.25, -0.2) is 4.98 Å². The van der Waals surface area contributed by atoms with E-state index in [1.54, 1.807) is 6.20 Å². The molecule has 0 aliphatic heterocycles. The summed E-state index contributed by atoms with van der Waals surface area (Å²) in [6, 6.07) is 11.1. The Balaban J connectivity index is 2.00. The fraction of sp³-hybridized carbons (Fsp3) is 0.267. The van der Waals surface area contributed by atoms with Gasteiger partial charge in [0.25, 0.3) is 0 Å². The molecule has 3 N–H and O–H groups in total. The SMILES string of the molecule is CCCCNc1cc(Oc2ccc(N)cc2)ccn1. The van der Waals surface area contributed by atoms with Crippen molar-refractivity contribution >= 4 is 11.5 Å². The van der Waals surface area contributed by atoms with E-state index >= 15 is 0 Å². The summed E-state index contributed by atoms with van der Waals surface area (Å²) < 4.78 is 5.74. The number of rotatable bonds is 6. The summed E-state index contributed by atoms with van der Waals surface area (Å²) in [6.45, 7) is 3.09. The molecule has 2 rings (SSSR count). The van der Waals surface area contributed by atoms with Crippen LogP contribution in [0.15, 0.2) is 42.6 Å². The van der Waals surface area contributed by atoms with Crippen molar-refractivity contribution in [3.8, 4) is 11.5 Å². The Morgan fingerprint density at radius 2 is 1.95 bits per heavy atom. The van der Waals surface area contributed by atoms with Crippen molar-refractivity contribution in [2.45, 2.75) is 19.8 Å². The van der Waals surface area contributed by atoms with Gasteiger partial charge in [-0.2, -0.15) is 0 Å². The van der Waals surface area contributed by atoms with Gasteiger partial charge in [0.1, 0.15) is 17.3 Å². The van der Waals surface area contributed by atoms with Crippen LogP contribution in [0.1, 0.15) is 19.8 Å². The number of nitrogen functional groups attached to an aromatic ring is 1. The molecule has 0 unspecified atom stereocenters. The van der Waals surface area contributed by atoms with Crippen LogP contribution in [-0.4, -0.2) is 11.5 Å². The summed E-state index contributed by atoms with van der Waals surface area (Å²) in [5.41, 5.74) is 6.36. The van der Waals surface area contributed by atoms with Gasteiger partial charge in [-0.15, -0.1) is 0 Å². The molecule has 0 amide bonds. The first-order chi connectivity index (χ1) is 9.28. The van der Waals surface area contributed by atoms with Crippen LogP contribution < -0.4 is 15.8 Å². The highest BCUT2D eigenvalue weighted by Gasteiger charge is 2.00. The monoisotopic (exact) mass is 257 g/mol. The minimum absolute atomic E-state index is 0.726. The highest BCUT2D eigenvalue weighted by Crippen LogP contribution is 2.23. The zero-order valence-corrected chi connectivity index (χ0v) is 11.1. The topological polar surface area (TPSA) is 60.2 Å². The second-order valence-electron chi connectivity index (χ2n) is 4.33. The molecule has 0 fully saturated rings. The smallest absolute Gasteiger partial charge is 0.132 e. The largest absolute Gasteiger partial charge is 0.457 e. The molecule has 2 aromatic rings. The van der Waals surface area contributed by atoms with E-state index in [-0.39, 0.29) is 0 Å². The number of nitrogens with zero attached hydrogens (tertiary/aromatic N) is 1. The molecule has 0 atom stereocenters. The average molecular weight is 257 g/mol. The van der Waals surface area contributed by atoms with Gasteiger partial charge >= 0.3 is 0 Å². The molecule has 100 valence electrons. The molecule has 1 aromatic heterocycles. The molecule has 1 heterocycles. The van der Waals surface area contributed by atoms with Crippen LogP contribution in [-0.2, 0) is 0 Å². The van der Waals surface area contributed by atoms with Gasteiger partial charge < -0.3 is 15.8 Å². The second-order valence-corrected chi connectivity index (χ2v) is 4.33. The van der Waals surface area contributed by atoms with Crippen LogP contribution >= 0.6 is 0 Å². The number of nitrogens with two attached hydrogens (primary N) is 1. The predicted molar refractivity (Wildman–Crippen MR) is 78.6 cm³/mol. The van der Waals surface area contributed by atoms with E-state index in [9.17, 15) is 0 Å². The quantitative estimate of drug-likeness (QED) is 0.612. The molecule has 4 heteroatoms. The summed E-state index contributed by atoms with van der Waals surface area (Å²) in [7, 11) is 0. The van der Waals surface area contributed by atoms with Crippen LogP contribution in [0.25, 0.3) is 0 Å². The van der Waals surface area contributed by atoms with E-state index in [2.05, 4.69) is 17.2 Å². The van der Waals surface area contributed by atoms with E-state index in [0.717, 1.165) is 42.4 Å². The number of unbranched alkanes of at least 4 members (excludes halogenated alkanes) is 1. The number of aromatic nitrogens is 1. The van der Waals surface area contributed by atoms with Gasteiger partial charge in [0, 0.05) is 24.5 Å². The van der Waals surface area contributed by atoms with Crippen LogP contribution in [0, 0.1) is 0 Å². The lowest BCUT2D eigenvalue weighted by Gasteiger charge is -2.08. The molecule has 0 spiro atoms. The zero-order valence-electron chi connectivity index (χ0n) is 11.1. The Morgan fingerprint density at radius 3 is 2.68 bits per heavy atom. The molecule has 1 aromatic carbocycles. The second kappa shape index (κ2) is 6.64. The number of ether oxygens (including phenoxy) is 1. The summed E-state index contributed by atoms with van der Waals surface area (Å²) in [5, 5.41) is 3.27. The van der Waals surface area contributed by atoms with E-state index in [1.807, 2.05) is 36.4 Å². The molecule has 4 nitrogen and oxygen atoms in total. The fourth-order valence-electron chi connectivity index (χ4n) is 1.64. The van der Waals surface area contributed by atoms with Gasteiger partial charge in [-0.1, -0.05) is 13.3 Å². The third-order valence-electron chi connectivity index (χ3n) is 2.68. The molecule has 19 heavy (non-hydrogen) atoms. The van der Waals surface area contributed by atoms with Crippen LogP contribution in [0.5, 0.6) is 11.5 Å². The third kappa shape index (κ3) is 4.17. The van der Waals surface area contributed by atoms with Crippen molar-refractivity contribution in [2.75, 3.05) is 17.6 Å². The summed E-state index contributed by atoms with van der Waals surface area (Å²) in [5.74, 6) is 2.36. The summed E-state index contributed by atoms with van der Waals surface area (Å²) in [4.78, 5) is 4.26. The van der Waals surface area contributed by atoms with Crippen molar-refractivity contribution in [2.24, 2.45) is 0 Å². The first kappa shape index (κ1) is 13.2. The Kier molecular flexibility index (Phi) is 4.61. The lowest BCUT2D eigenvalue weighted by molar-refractivity contribution is 0.482. The maximum Gasteiger partial charge on any atom is 0.132 e.